The summed E-state index contributed by atoms with van der Waals surface area (Å²) in [6, 6.07) is 0. The SMILES string of the molecule is CC(F)(F)CNS(=O)C(C)(C)C. The van der Waals surface area contributed by atoms with E-state index in [2.05, 4.69) is 4.72 Å². The highest BCUT2D eigenvalue weighted by Gasteiger charge is 2.25. The first-order valence-corrected chi connectivity index (χ1v) is 4.81. The molecule has 74 valence electrons. The van der Waals surface area contributed by atoms with E-state index in [0.717, 1.165) is 6.92 Å². The van der Waals surface area contributed by atoms with Gasteiger partial charge in [-0.2, -0.15) is 0 Å². The summed E-state index contributed by atoms with van der Waals surface area (Å²) in [5.41, 5.74) is 0. The maximum Gasteiger partial charge on any atom is 0.258 e. The zero-order valence-corrected chi connectivity index (χ0v) is 8.60. The number of halogens is 2. The van der Waals surface area contributed by atoms with E-state index >= 15 is 0 Å². The molecule has 0 aliphatic rings. The van der Waals surface area contributed by atoms with Gasteiger partial charge in [0.25, 0.3) is 5.92 Å². The molecule has 0 radical (unpaired) electrons. The van der Waals surface area contributed by atoms with Gasteiger partial charge in [0.05, 0.1) is 22.3 Å². The molecule has 5 heteroatoms. The summed E-state index contributed by atoms with van der Waals surface area (Å²) in [5.74, 6) is -2.80. The summed E-state index contributed by atoms with van der Waals surface area (Å²) in [5, 5.41) is 0. The molecule has 0 bridgehead atoms. The van der Waals surface area contributed by atoms with Crippen LogP contribution in [0.2, 0.25) is 0 Å². The minimum Gasteiger partial charge on any atom is -0.242 e. The molecular weight excluding hydrogens is 184 g/mol. The lowest BCUT2D eigenvalue weighted by molar-refractivity contribution is 0.0284. The largest absolute Gasteiger partial charge is 0.258 e. The maximum absolute atomic E-state index is 12.3. The number of hydrogen-bond donors (Lipinski definition) is 1. The molecule has 0 rings (SSSR count). The molecule has 0 spiro atoms. The zero-order valence-electron chi connectivity index (χ0n) is 7.78. The Kier molecular flexibility index (Phi) is 3.78. The predicted octanol–water partition coefficient (Wildman–Crippen LogP) is 1.69. The van der Waals surface area contributed by atoms with E-state index in [0.29, 0.717) is 0 Å². The number of rotatable bonds is 3. The van der Waals surface area contributed by atoms with Crippen molar-refractivity contribution in [3.8, 4) is 0 Å². The van der Waals surface area contributed by atoms with E-state index in [4.69, 9.17) is 0 Å². The fourth-order valence-electron chi connectivity index (χ4n) is 0.409. The van der Waals surface area contributed by atoms with Crippen LogP contribution in [0.3, 0.4) is 0 Å². The van der Waals surface area contributed by atoms with Crippen molar-refractivity contribution < 1.29 is 13.0 Å². The van der Waals surface area contributed by atoms with Gasteiger partial charge in [-0.15, -0.1) is 0 Å². The van der Waals surface area contributed by atoms with Crippen molar-refractivity contribution in [1.29, 1.82) is 0 Å². The van der Waals surface area contributed by atoms with E-state index in [1.165, 1.54) is 0 Å². The fraction of sp³-hybridized carbons (Fsp3) is 1.00. The van der Waals surface area contributed by atoms with E-state index in [1.54, 1.807) is 20.8 Å². The summed E-state index contributed by atoms with van der Waals surface area (Å²) in [6.45, 7) is 5.43. The first kappa shape index (κ1) is 12.0. The molecule has 1 unspecified atom stereocenters. The summed E-state index contributed by atoms with van der Waals surface area (Å²) in [4.78, 5) is 0. The van der Waals surface area contributed by atoms with Crippen LogP contribution in [0.25, 0.3) is 0 Å². The topological polar surface area (TPSA) is 29.1 Å². The van der Waals surface area contributed by atoms with Crippen LogP contribution in [-0.4, -0.2) is 21.4 Å². The molecule has 0 saturated carbocycles. The van der Waals surface area contributed by atoms with Crippen LogP contribution in [-0.2, 0) is 11.0 Å². The molecule has 1 N–H and O–H groups in total. The molecule has 0 amide bonds. The molecule has 2 nitrogen and oxygen atoms in total. The Hall–Kier alpha value is -0.0300. The van der Waals surface area contributed by atoms with Gasteiger partial charge in [0.1, 0.15) is 0 Å². The van der Waals surface area contributed by atoms with Crippen LogP contribution in [0.4, 0.5) is 8.78 Å². The van der Waals surface area contributed by atoms with Crippen molar-refractivity contribution >= 4 is 11.0 Å². The molecule has 0 aromatic heterocycles. The Morgan fingerprint density at radius 3 is 1.92 bits per heavy atom. The van der Waals surface area contributed by atoms with E-state index in [1.807, 2.05) is 0 Å². The third-order valence-corrected chi connectivity index (χ3v) is 2.59. The van der Waals surface area contributed by atoms with Gasteiger partial charge in [-0.05, 0) is 20.8 Å². The van der Waals surface area contributed by atoms with Gasteiger partial charge < -0.3 is 0 Å². The van der Waals surface area contributed by atoms with Gasteiger partial charge in [-0.3, -0.25) is 0 Å². The van der Waals surface area contributed by atoms with Gasteiger partial charge in [0.15, 0.2) is 0 Å². The van der Waals surface area contributed by atoms with Crippen LogP contribution in [0.1, 0.15) is 27.7 Å². The Morgan fingerprint density at radius 2 is 1.67 bits per heavy atom. The van der Waals surface area contributed by atoms with Crippen LogP contribution >= 0.6 is 0 Å². The average molecular weight is 199 g/mol. The highest BCUT2D eigenvalue weighted by molar-refractivity contribution is 7.84. The third-order valence-electron chi connectivity index (χ3n) is 1.07. The Morgan fingerprint density at radius 1 is 1.25 bits per heavy atom. The predicted molar refractivity (Wildman–Crippen MR) is 46.5 cm³/mol. The van der Waals surface area contributed by atoms with Gasteiger partial charge >= 0.3 is 0 Å². The minimum atomic E-state index is -2.80. The van der Waals surface area contributed by atoms with Crippen molar-refractivity contribution in [2.45, 2.75) is 38.4 Å². The van der Waals surface area contributed by atoms with Crippen LogP contribution in [0.15, 0.2) is 0 Å². The quantitative estimate of drug-likeness (QED) is 0.736. The molecule has 0 fully saturated rings. The second kappa shape index (κ2) is 3.79. The zero-order chi connectivity index (χ0) is 9.99. The molecule has 1 atom stereocenters. The lowest BCUT2D eigenvalue weighted by Crippen LogP contribution is -2.39. The molecule has 0 saturated heterocycles. The van der Waals surface area contributed by atoms with E-state index in [9.17, 15) is 13.0 Å². The Bertz CT molecular complexity index is 171. The second-order valence-electron chi connectivity index (χ2n) is 3.77. The maximum atomic E-state index is 12.3. The van der Waals surface area contributed by atoms with Gasteiger partial charge in [-0.1, -0.05) is 0 Å². The van der Waals surface area contributed by atoms with Crippen LogP contribution in [0, 0.1) is 0 Å². The Labute approximate surface area is 74.3 Å². The highest BCUT2D eigenvalue weighted by atomic mass is 32.2. The minimum absolute atomic E-state index is 0.495. The van der Waals surface area contributed by atoms with Gasteiger partial charge in [0, 0.05) is 6.92 Å². The van der Waals surface area contributed by atoms with E-state index in [-0.39, 0.29) is 0 Å². The van der Waals surface area contributed by atoms with Crippen molar-refractivity contribution in [2.24, 2.45) is 0 Å². The monoisotopic (exact) mass is 199 g/mol. The second-order valence-corrected chi connectivity index (χ2v) is 5.82. The molecule has 0 aliphatic carbocycles. The first-order valence-electron chi connectivity index (χ1n) is 3.66. The van der Waals surface area contributed by atoms with E-state index < -0.39 is 28.2 Å². The van der Waals surface area contributed by atoms with Crippen molar-refractivity contribution in [3.63, 3.8) is 0 Å². The fourth-order valence-corrected chi connectivity index (χ4v) is 1.23. The molecule has 0 aromatic carbocycles. The van der Waals surface area contributed by atoms with Crippen molar-refractivity contribution in [1.82, 2.24) is 4.72 Å². The normalized spacial score (nSPS) is 16.2. The molecule has 0 aliphatic heterocycles. The van der Waals surface area contributed by atoms with Crippen molar-refractivity contribution in [2.75, 3.05) is 6.54 Å². The lowest BCUT2D eigenvalue weighted by Gasteiger charge is -2.19. The number of nitrogens with one attached hydrogen (secondary N) is 1. The highest BCUT2D eigenvalue weighted by Crippen LogP contribution is 2.12. The van der Waals surface area contributed by atoms with Gasteiger partial charge in [0.2, 0.25) is 0 Å². The first-order chi connectivity index (χ1) is 5.13. The Balaban J connectivity index is 3.90. The lowest BCUT2D eigenvalue weighted by atomic mass is 10.3. The van der Waals surface area contributed by atoms with Crippen LogP contribution < -0.4 is 4.72 Å². The summed E-state index contributed by atoms with van der Waals surface area (Å²) in [6.07, 6.45) is 0. The van der Waals surface area contributed by atoms with Crippen molar-refractivity contribution in [3.05, 3.63) is 0 Å². The summed E-state index contributed by atoms with van der Waals surface area (Å²) >= 11 is 0. The molecule has 0 heterocycles. The summed E-state index contributed by atoms with van der Waals surface area (Å²) < 4.78 is 37.5. The number of alkyl halides is 2. The molecular formula is C7H15F2NOS. The number of hydrogen-bond acceptors (Lipinski definition) is 1. The standard InChI is InChI=1S/C7H15F2NOS/c1-6(2,3)12(11)10-5-7(4,8)9/h10H,5H2,1-4H3. The molecule has 12 heavy (non-hydrogen) atoms. The average Bonchev–Trinajstić information content (AvgIpc) is 1.78. The van der Waals surface area contributed by atoms with Gasteiger partial charge in [-0.25, -0.2) is 17.7 Å². The van der Waals surface area contributed by atoms with Crippen LogP contribution in [0.5, 0.6) is 0 Å². The third kappa shape index (κ3) is 5.60. The molecule has 0 aromatic rings. The smallest absolute Gasteiger partial charge is 0.242 e. The summed E-state index contributed by atoms with van der Waals surface area (Å²) in [7, 11) is -1.41.